The monoisotopic (exact) mass is 272 g/mol. The van der Waals surface area contributed by atoms with E-state index in [1.165, 1.54) is 13.3 Å². The lowest BCUT2D eigenvalue weighted by molar-refractivity contribution is -0.141. The van der Waals surface area contributed by atoms with Gasteiger partial charge in [-0.1, -0.05) is 19.8 Å². The van der Waals surface area contributed by atoms with E-state index in [1.807, 2.05) is 0 Å². The summed E-state index contributed by atoms with van der Waals surface area (Å²) in [6, 6.07) is -1.57. The summed E-state index contributed by atoms with van der Waals surface area (Å²) in [7, 11) is 1.68. The standard InChI is InChI=1S/C13H24N2O4/c1-8-6-4-5-7-10(8)15(3)13(19)14-11(9(2)16)12(17)18/h8-11,16H,4-7H2,1-3H3,(H,14,19)(H,17,18). The van der Waals surface area contributed by atoms with Gasteiger partial charge in [0.1, 0.15) is 0 Å². The molecule has 1 aliphatic carbocycles. The molecule has 4 atom stereocenters. The lowest BCUT2D eigenvalue weighted by Crippen LogP contribution is -2.54. The molecule has 19 heavy (non-hydrogen) atoms. The fraction of sp³-hybridized carbons (Fsp3) is 0.846. The molecule has 3 N–H and O–H groups in total. The van der Waals surface area contributed by atoms with Gasteiger partial charge in [-0.15, -0.1) is 0 Å². The van der Waals surface area contributed by atoms with Crippen LogP contribution in [0.1, 0.15) is 39.5 Å². The van der Waals surface area contributed by atoms with Gasteiger partial charge < -0.3 is 20.4 Å². The maximum atomic E-state index is 12.0. The number of nitrogens with zero attached hydrogens (tertiary/aromatic N) is 1. The number of carboxylic acid groups (broad SMARTS) is 1. The van der Waals surface area contributed by atoms with Crippen molar-refractivity contribution in [1.29, 1.82) is 0 Å². The highest BCUT2D eigenvalue weighted by molar-refractivity contribution is 5.83. The Morgan fingerprint density at radius 3 is 2.37 bits per heavy atom. The molecule has 1 aliphatic rings. The van der Waals surface area contributed by atoms with Crippen LogP contribution >= 0.6 is 0 Å². The number of amides is 2. The molecule has 1 fully saturated rings. The summed E-state index contributed by atoms with van der Waals surface area (Å²) in [5.74, 6) is -0.812. The Hall–Kier alpha value is -1.30. The Labute approximate surface area is 113 Å². The highest BCUT2D eigenvalue weighted by Crippen LogP contribution is 2.27. The van der Waals surface area contributed by atoms with Gasteiger partial charge in [-0.3, -0.25) is 0 Å². The molecule has 4 unspecified atom stereocenters. The van der Waals surface area contributed by atoms with Gasteiger partial charge in [0.25, 0.3) is 0 Å². The third-order valence-electron chi connectivity index (χ3n) is 3.91. The maximum absolute atomic E-state index is 12.0. The van der Waals surface area contributed by atoms with Crippen molar-refractivity contribution in [2.45, 2.75) is 57.7 Å². The molecule has 0 spiro atoms. The lowest BCUT2D eigenvalue weighted by atomic mass is 9.85. The molecule has 0 radical (unpaired) electrons. The normalized spacial score (nSPS) is 26.3. The molecule has 0 heterocycles. The van der Waals surface area contributed by atoms with E-state index in [1.54, 1.807) is 11.9 Å². The zero-order chi connectivity index (χ0) is 14.6. The molecule has 0 aromatic heterocycles. The molecule has 2 amide bonds. The summed E-state index contributed by atoms with van der Waals surface area (Å²) in [6.45, 7) is 3.46. The molecule has 6 heteroatoms. The van der Waals surface area contributed by atoms with E-state index in [9.17, 15) is 14.7 Å². The predicted octanol–water partition coefficient (Wildman–Crippen LogP) is 1.04. The van der Waals surface area contributed by atoms with E-state index in [2.05, 4.69) is 12.2 Å². The second-order valence-corrected chi connectivity index (χ2v) is 5.45. The fourth-order valence-corrected chi connectivity index (χ4v) is 2.65. The van der Waals surface area contributed by atoms with Crippen molar-refractivity contribution in [2.24, 2.45) is 5.92 Å². The van der Waals surface area contributed by atoms with Crippen molar-refractivity contribution < 1.29 is 19.8 Å². The summed E-state index contributed by atoms with van der Waals surface area (Å²) in [5, 5.41) is 20.7. The number of hydrogen-bond acceptors (Lipinski definition) is 3. The topological polar surface area (TPSA) is 89.9 Å². The molecular formula is C13H24N2O4. The summed E-state index contributed by atoms with van der Waals surface area (Å²) in [6.07, 6.45) is 3.17. The number of carbonyl (C=O) groups excluding carboxylic acids is 1. The number of urea groups is 1. The van der Waals surface area contributed by atoms with Gasteiger partial charge in [-0.05, 0) is 25.7 Å². The van der Waals surface area contributed by atoms with E-state index in [0.717, 1.165) is 19.3 Å². The summed E-state index contributed by atoms with van der Waals surface area (Å²) in [4.78, 5) is 24.6. The van der Waals surface area contributed by atoms with Crippen LogP contribution in [0, 0.1) is 5.92 Å². The Kier molecular flexibility index (Phi) is 5.60. The number of hydrogen-bond donors (Lipinski definition) is 3. The van der Waals surface area contributed by atoms with Gasteiger partial charge >= 0.3 is 12.0 Å². The predicted molar refractivity (Wildman–Crippen MR) is 70.8 cm³/mol. The van der Waals surface area contributed by atoms with Crippen LogP contribution in [-0.2, 0) is 4.79 Å². The lowest BCUT2D eigenvalue weighted by Gasteiger charge is -2.36. The van der Waals surface area contributed by atoms with E-state index in [0.29, 0.717) is 5.92 Å². The number of nitrogens with one attached hydrogen (secondary N) is 1. The first-order valence-corrected chi connectivity index (χ1v) is 6.78. The first-order valence-electron chi connectivity index (χ1n) is 6.78. The van der Waals surface area contributed by atoms with Gasteiger partial charge in [0.2, 0.25) is 0 Å². The Balaban J connectivity index is 2.63. The quantitative estimate of drug-likeness (QED) is 0.713. The van der Waals surface area contributed by atoms with Crippen LogP contribution in [0.15, 0.2) is 0 Å². The molecule has 0 aliphatic heterocycles. The van der Waals surface area contributed by atoms with Gasteiger partial charge in [0.15, 0.2) is 6.04 Å². The van der Waals surface area contributed by atoms with Crippen molar-refractivity contribution in [3.8, 4) is 0 Å². The van der Waals surface area contributed by atoms with Crippen LogP contribution in [0.25, 0.3) is 0 Å². The molecule has 6 nitrogen and oxygen atoms in total. The molecule has 0 bridgehead atoms. The van der Waals surface area contributed by atoms with Crippen LogP contribution < -0.4 is 5.32 Å². The molecular weight excluding hydrogens is 248 g/mol. The molecule has 1 saturated carbocycles. The zero-order valence-corrected chi connectivity index (χ0v) is 11.8. The van der Waals surface area contributed by atoms with Crippen molar-refractivity contribution in [2.75, 3.05) is 7.05 Å². The molecule has 0 aromatic rings. The molecule has 0 aromatic carbocycles. The van der Waals surface area contributed by atoms with Gasteiger partial charge in [0, 0.05) is 13.1 Å². The van der Waals surface area contributed by atoms with Crippen LogP contribution in [0.3, 0.4) is 0 Å². The van der Waals surface area contributed by atoms with Crippen LogP contribution in [0.5, 0.6) is 0 Å². The second kappa shape index (κ2) is 6.75. The molecule has 0 saturated heterocycles. The summed E-state index contributed by atoms with van der Waals surface area (Å²) >= 11 is 0. The number of carboxylic acids is 1. The number of aliphatic hydroxyl groups excluding tert-OH is 1. The largest absolute Gasteiger partial charge is 0.480 e. The minimum atomic E-state index is -1.27. The minimum absolute atomic E-state index is 0.136. The van der Waals surface area contributed by atoms with E-state index < -0.39 is 24.1 Å². The average Bonchev–Trinajstić information content (AvgIpc) is 2.34. The highest BCUT2D eigenvalue weighted by atomic mass is 16.4. The first-order chi connectivity index (χ1) is 8.84. The molecule has 1 rings (SSSR count). The van der Waals surface area contributed by atoms with Gasteiger partial charge in [0.05, 0.1) is 6.10 Å². The SMILES string of the molecule is CC(O)C(NC(=O)N(C)C1CCCCC1C)C(=O)O. The smallest absolute Gasteiger partial charge is 0.328 e. The van der Waals surface area contributed by atoms with Crippen molar-refractivity contribution >= 4 is 12.0 Å². The van der Waals surface area contributed by atoms with E-state index in [-0.39, 0.29) is 6.04 Å². The van der Waals surface area contributed by atoms with Crippen molar-refractivity contribution in [3.63, 3.8) is 0 Å². The fourth-order valence-electron chi connectivity index (χ4n) is 2.65. The van der Waals surface area contributed by atoms with Crippen LogP contribution in [0.2, 0.25) is 0 Å². The Morgan fingerprint density at radius 1 is 1.32 bits per heavy atom. The number of rotatable bonds is 4. The summed E-state index contributed by atoms with van der Waals surface area (Å²) < 4.78 is 0. The van der Waals surface area contributed by atoms with Crippen LogP contribution in [-0.4, -0.2) is 52.3 Å². The average molecular weight is 272 g/mol. The van der Waals surface area contributed by atoms with Crippen molar-refractivity contribution in [3.05, 3.63) is 0 Å². The second-order valence-electron chi connectivity index (χ2n) is 5.45. The third kappa shape index (κ3) is 4.09. The maximum Gasteiger partial charge on any atom is 0.328 e. The van der Waals surface area contributed by atoms with Crippen LogP contribution in [0.4, 0.5) is 4.79 Å². The molecule has 110 valence electrons. The number of aliphatic hydroxyl groups is 1. The highest BCUT2D eigenvalue weighted by Gasteiger charge is 2.31. The van der Waals surface area contributed by atoms with E-state index >= 15 is 0 Å². The zero-order valence-electron chi connectivity index (χ0n) is 11.8. The Morgan fingerprint density at radius 2 is 1.89 bits per heavy atom. The summed E-state index contributed by atoms with van der Waals surface area (Å²) in [5.41, 5.74) is 0. The van der Waals surface area contributed by atoms with Gasteiger partial charge in [-0.2, -0.15) is 0 Å². The number of carbonyl (C=O) groups is 2. The van der Waals surface area contributed by atoms with E-state index in [4.69, 9.17) is 5.11 Å². The Bertz CT molecular complexity index is 333. The first kappa shape index (κ1) is 15.8. The third-order valence-corrected chi connectivity index (χ3v) is 3.91. The van der Waals surface area contributed by atoms with Gasteiger partial charge in [-0.25, -0.2) is 9.59 Å². The number of aliphatic carboxylic acids is 1. The minimum Gasteiger partial charge on any atom is -0.480 e. The van der Waals surface area contributed by atoms with Crippen molar-refractivity contribution in [1.82, 2.24) is 10.2 Å².